The smallest absolute Gasteiger partial charge is 0.208 e. The fourth-order valence-corrected chi connectivity index (χ4v) is 3.43. The molecule has 1 atom stereocenters. The summed E-state index contributed by atoms with van der Waals surface area (Å²) < 4.78 is 0. The number of aromatic nitrogens is 2. The van der Waals surface area contributed by atoms with E-state index in [1.165, 1.54) is 30.7 Å². The van der Waals surface area contributed by atoms with E-state index in [9.17, 15) is 0 Å². The van der Waals surface area contributed by atoms with Crippen LogP contribution in [0.15, 0.2) is 0 Å². The number of nitrogens with zero attached hydrogens (tertiary/aromatic N) is 3. The summed E-state index contributed by atoms with van der Waals surface area (Å²) in [7, 11) is 0. The van der Waals surface area contributed by atoms with Crippen LogP contribution >= 0.6 is 11.3 Å². The van der Waals surface area contributed by atoms with Crippen molar-refractivity contribution in [3.8, 4) is 0 Å². The molecule has 1 unspecified atom stereocenters. The Morgan fingerprint density at radius 1 is 1.28 bits per heavy atom. The van der Waals surface area contributed by atoms with Gasteiger partial charge in [-0.2, -0.15) is 0 Å². The molecule has 102 valence electrons. The van der Waals surface area contributed by atoms with Gasteiger partial charge in [0.15, 0.2) is 0 Å². The topological polar surface area (TPSA) is 29.0 Å². The summed E-state index contributed by atoms with van der Waals surface area (Å²) in [5.74, 6) is 1.29. The molecule has 0 aromatic carbocycles. The van der Waals surface area contributed by atoms with Crippen LogP contribution in [0.1, 0.15) is 64.3 Å². The van der Waals surface area contributed by atoms with Gasteiger partial charge in [0.25, 0.3) is 0 Å². The third-order valence-corrected chi connectivity index (χ3v) is 4.88. The number of anilines is 1. The largest absolute Gasteiger partial charge is 0.344 e. The number of hydrogen-bond donors (Lipinski definition) is 0. The standard InChI is InChI=1S/C14H25N3S/c1-10(2)7-8-12-6-5-9-17(12)14-16-15-13(18-14)11(3)4/h10-12H,5-9H2,1-4H3. The minimum atomic E-state index is 0.493. The maximum absolute atomic E-state index is 4.39. The highest BCUT2D eigenvalue weighted by Crippen LogP contribution is 2.32. The first-order chi connectivity index (χ1) is 8.58. The van der Waals surface area contributed by atoms with Gasteiger partial charge in [-0.3, -0.25) is 0 Å². The Hall–Kier alpha value is -0.640. The molecule has 0 radical (unpaired) electrons. The van der Waals surface area contributed by atoms with Crippen molar-refractivity contribution in [2.75, 3.05) is 11.4 Å². The Labute approximate surface area is 115 Å². The van der Waals surface area contributed by atoms with Gasteiger partial charge in [-0.15, -0.1) is 10.2 Å². The molecule has 2 rings (SSSR count). The van der Waals surface area contributed by atoms with Crippen LogP contribution in [0.5, 0.6) is 0 Å². The predicted octanol–water partition coefficient (Wildman–Crippen LogP) is 4.07. The van der Waals surface area contributed by atoms with Crippen LogP contribution < -0.4 is 4.90 Å². The molecule has 1 aromatic heterocycles. The van der Waals surface area contributed by atoms with Crippen LogP contribution in [0.3, 0.4) is 0 Å². The van der Waals surface area contributed by atoms with Crippen molar-refractivity contribution >= 4 is 16.5 Å². The average molecular weight is 267 g/mol. The summed E-state index contributed by atoms with van der Waals surface area (Å²) in [4.78, 5) is 2.49. The second kappa shape index (κ2) is 6.00. The predicted molar refractivity (Wildman–Crippen MR) is 78.4 cm³/mol. The van der Waals surface area contributed by atoms with Gasteiger partial charge in [-0.05, 0) is 31.6 Å². The van der Waals surface area contributed by atoms with Crippen molar-refractivity contribution in [1.29, 1.82) is 0 Å². The molecular formula is C14H25N3S. The monoisotopic (exact) mass is 267 g/mol. The molecular weight excluding hydrogens is 242 g/mol. The van der Waals surface area contributed by atoms with Gasteiger partial charge in [0.05, 0.1) is 0 Å². The van der Waals surface area contributed by atoms with Gasteiger partial charge in [-0.25, -0.2) is 0 Å². The zero-order valence-corrected chi connectivity index (χ0v) is 12.8. The van der Waals surface area contributed by atoms with Crippen LogP contribution in [0.4, 0.5) is 5.13 Å². The molecule has 2 heterocycles. The maximum atomic E-state index is 4.39. The molecule has 0 spiro atoms. The molecule has 0 N–H and O–H groups in total. The SMILES string of the molecule is CC(C)CCC1CCCN1c1nnc(C(C)C)s1. The third kappa shape index (κ3) is 3.22. The second-order valence-electron chi connectivity index (χ2n) is 6.04. The molecule has 0 bridgehead atoms. The van der Waals surface area contributed by atoms with E-state index < -0.39 is 0 Å². The highest BCUT2D eigenvalue weighted by atomic mass is 32.1. The normalized spacial score (nSPS) is 20.3. The van der Waals surface area contributed by atoms with Crippen LogP contribution in [-0.2, 0) is 0 Å². The van der Waals surface area contributed by atoms with E-state index in [0.29, 0.717) is 12.0 Å². The Bertz CT molecular complexity index is 373. The van der Waals surface area contributed by atoms with Gasteiger partial charge in [0.1, 0.15) is 5.01 Å². The molecule has 1 fully saturated rings. The van der Waals surface area contributed by atoms with Crippen molar-refractivity contribution < 1.29 is 0 Å². The van der Waals surface area contributed by atoms with E-state index >= 15 is 0 Å². The fraction of sp³-hybridized carbons (Fsp3) is 0.857. The van der Waals surface area contributed by atoms with E-state index in [0.717, 1.165) is 17.6 Å². The first kappa shape index (κ1) is 13.8. The highest BCUT2D eigenvalue weighted by molar-refractivity contribution is 7.15. The molecule has 0 aliphatic carbocycles. The molecule has 3 nitrogen and oxygen atoms in total. The molecule has 1 aromatic rings. The molecule has 18 heavy (non-hydrogen) atoms. The van der Waals surface area contributed by atoms with Gasteiger partial charge < -0.3 is 4.90 Å². The second-order valence-corrected chi connectivity index (χ2v) is 7.03. The average Bonchev–Trinajstić information content (AvgIpc) is 2.94. The van der Waals surface area contributed by atoms with E-state index in [1.807, 2.05) is 0 Å². The minimum Gasteiger partial charge on any atom is -0.344 e. The van der Waals surface area contributed by atoms with Crippen LogP contribution in [0.25, 0.3) is 0 Å². The summed E-state index contributed by atoms with van der Waals surface area (Å²) in [5, 5.41) is 11.0. The minimum absolute atomic E-state index is 0.493. The lowest BCUT2D eigenvalue weighted by atomic mass is 10.0. The molecule has 1 aliphatic heterocycles. The van der Waals surface area contributed by atoms with Gasteiger partial charge in [0.2, 0.25) is 5.13 Å². The fourth-order valence-electron chi connectivity index (χ4n) is 2.49. The number of rotatable bonds is 5. The van der Waals surface area contributed by atoms with Crippen molar-refractivity contribution in [3.63, 3.8) is 0 Å². The summed E-state index contributed by atoms with van der Waals surface area (Å²) >= 11 is 1.78. The summed E-state index contributed by atoms with van der Waals surface area (Å²) in [5.41, 5.74) is 0. The lowest BCUT2D eigenvalue weighted by Crippen LogP contribution is -2.29. The van der Waals surface area contributed by atoms with Crippen LogP contribution in [0, 0.1) is 5.92 Å². The summed E-state index contributed by atoms with van der Waals surface area (Å²) in [6.07, 6.45) is 5.24. The van der Waals surface area contributed by atoms with Gasteiger partial charge >= 0.3 is 0 Å². The molecule has 1 aliphatic rings. The highest BCUT2D eigenvalue weighted by Gasteiger charge is 2.27. The van der Waals surface area contributed by atoms with E-state index in [2.05, 4.69) is 42.8 Å². The Balaban J connectivity index is 2.01. The van der Waals surface area contributed by atoms with E-state index in [1.54, 1.807) is 11.3 Å². The summed E-state index contributed by atoms with van der Waals surface area (Å²) in [6, 6.07) is 0.695. The Morgan fingerprint density at radius 3 is 2.67 bits per heavy atom. The zero-order chi connectivity index (χ0) is 13.1. The maximum Gasteiger partial charge on any atom is 0.208 e. The lowest BCUT2D eigenvalue weighted by molar-refractivity contribution is 0.495. The molecule has 1 saturated heterocycles. The Kier molecular flexibility index (Phi) is 4.60. The first-order valence-electron chi connectivity index (χ1n) is 7.18. The number of hydrogen-bond acceptors (Lipinski definition) is 4. The zero-order valence-electron chi connectivity index (χ0n) is 12.0. The van der Waals surface area contributed by atoms with Crippen molar-refractivity contribution in [2.45, 2.75) is 65.3 Å². The quantitative estimate of drug-likeness (QED) is 0.805. The Morgan fingerprint density at radius 2 is 2.06 bits per heavy atom. The van der Waals surface area contributed by atoms with Gasteiger partial charge in [0, 0.05) is 18.5 Å². The third-order valence-electron chi connectivity index (χ3n) is 3.62. The van der Waals surface area contributed by atoms with E-state index in [4.69, 9.17) is 0 Å². The first-order valence-corrected chi connectivity index (χ1v) is 7.99. The van der Waals surface area contributed by atoms with Crippen molar-refractivity contribution in [3.05, 3.63) is 5.01 Å². The van der Waals surface area contributed by atoms with Crippen LogP contribution in [-0.4, -0.2) is 22.8 Å². The molecule has 0 amide bonds. The summed E-state index contributed by atoms with van der Waals surface area (Å²) in [6.45, 7) is 10.1. The lowest BCUT2D eigenvalue weighted by Gasteiger charge is -2.24. The van der Waals surface area contributed by atoms with E-state index in [-0.39, 0.29) is 0 Å². The van der Waals surface area contributed by atoms with Crippen molar-refractivity contribution in [1.82, 2.24) is 10.2 Å². The molecule has 4 heteroatoms. The van der Waals surface area contributed by atoms with Crippen LogP contribution in [0.2, 0.25) is 0 Å². The van der Waals surface area contributed by atoms with Crippen molar-refractivity contribution in [2.24, 2.45) is 5.92 Å². The molecule has 0 saturated carbocycles. The van der Waals surface area contributed by atoms with Gasteiger partial charge in [-0.1, -0.05) is 39.0 Å².